The monoisotopic (exact) mass is 156 g/mol. The van der Waals surface area contributed by atoms with E-state index in [0.29, 0.717) is 5.25 Å². The summed E-state index contributed by atoms with van der Waals surface area (Å²) in [5, 5.41) is 3.66. The van der Waals surface area contributed by atoms with Crippen LogP contribution in [-0.4, -0.2) is 17.6 Å². The minimum Gasteiger partial charge on any atom is -0.372 e. The van der Waals surface area contributed by atoms with E-state index in [0.717, 1.165) is 25.2 Å². The number of nitrogens with zero attached hydrogens (tertiary/aromatic N) is 1. The third-order valence-corrected chi connectivity index (χ3v) is 1.94. The summed E-state index contributed by atoms with van der Waals surface area (Å²) < 4.78 is 0. The number of piperidine rings is 1. The highest BCUT2D eigenvalue weighted by atomic mass is 32.1. The Labute approximate surface area is 66.8 Å². The highest BCUT2D eigenvalue weighted by molar-refractivity contribution is 7.81. The fraction of sp³-hybridized carbons (Fsp3) is 0.571. The van der Waals surface area contributed by atoms with E-state index in [1.165, 1.54) is 0 Å². The number of hydrogen-bond acceptors (Lipinski definition) is 2. The van der Waals surface area contributed by atoms with Crippen LogP contribution in [0.4, 0.5) is 0 Å². The second-order valence-corrected chi connectivity index (χ2v) is 3.06. The Kier molecular flexibility index (Phi) is 2.81. The third-order valence-electron chi connectivity index (χ3n) is 1.50. The van der Waals surface area contributed by atoms with Crippen LogP contribution in [0.3, 0.4) is 0 Å². The number of aliphatic imine (C=N–C) groups is 1. The molecule has 0 spiro atoms. The lowest BCUT2D eigenvalue weighted by Crippen LogP contribution is -2.35. The van der Waals surface area contributed by atoms with E-state index in [1.807, 2.05) is 0 Å². The Morgan fingerprint density at radius 3 is 3.10 bits per heavy atom. The van der Waals surface area contributed by atoms with Crippen molar-refractivity contribution in [2.24, 2.45) is 4.99 Å². The summed E-state index contributed by atoms with van der Waals surface area (Å²) in [6, 6.07) is 0. The van der Waals surface area contributed by atoms with E-state index in [2.05, 4.69) is 29.5 Å². The molecule has 1 unspecified atom stereocenters. The Bertz CT molecular complexity index is 144. The fourth-order valence-corrected chi connectivity index (χ4v) is 1.17. The third kappa shape index (κ3) is 2.06. The van der Waals surface area contributed by atoms with Gasteiger partial charge in [0.1, 0.15) is 5.84 Å². The van der Waals surface area contributed by atoms with E-state index < -0.39 is 0 Å². The van der Waals surface area contributed by atoms with Crippen molar-refractivity contribution in [3.63, 3.8) is 0 Å². The van der Waals surface area contributed by atoms with Gasteiger partial charge in [-0.1, -0.05) is 6.58 Å². The van der Waals surface area contributed by atoms with Gasteiger partial charge in [-0.25, -0.2) is 4.99 Å². The minimum atomic E-state index is 0.490. The minimum absolute atomic E-state index is 0.490. The van der Waals surface area contributed by atoms with Crippen molar-refractivity contribution in [1.29, 1.82) is 0 Å². The molecule has 1 rings (SSSR count). The van der Waals surface area contributed by atoms with Crippen LogP contribution in [0.2, 0.25) is 0 Å². The maximum atomic E-state index is 4.33. The highest BCUT2D eigenvalue weighted by Gasteiger charge is 2.11. The summed E-state index contributed by atoms with van der Waals surface area (Å²) in [6.45, 7) is 4.45. The van der Waals surface area contributed by atoms with Crippen molar-refractivity contribution in [3.05, 3.63) is 12.8 Å². The first-order chi connectivity index (χ1) is 4.83. The molecule has 2 nitrogen and oxygen atoms in total. The summed E-state index contributed by atoms with van der Waals surface area (Å²) in [7, 11) is 0. The zero-order valence-electron chi connectivity index (χ0n) is 5.88. The topological polar surface area (TPSA) is 24.4 Å². The van der Waals surface area contributed by atoms with Gasteiger partial charge in [0, 0.05) is 24.4 Å². The highest BCUT2D eigenvalue weighted by Crippen LogP contribution is 2.08. The summed E-state index contributed by atoms with van der Waals surface area (Å²) in [4.78, 5) is 4.05. The van der Waals surface area contributed by atoms with Gasteiger partial charge >= 0.3 is 0 Å². The number of amidine groups is 1. The number of thiol groups is 1. The molecule has 10 heavy (non-hydrogen) atoms. The molecule has 0 amide bonds. The van der Waals surface area contributed by atoms with E-state index in [4.69, 9.17) is 0 Å². The quantitative estimate of drug-likeness (QED) is 0.548. The Balaban J connectivity index is 2.39. The van der Waals surface area contributed by atoms with E-state index in [-0.39, 0.29) is 0 Å². The zero-order chi connectivity index (χ0) is 7.40. The first-order valence-electron chi connectivity index (χ1n) is 3.42. The molecule has 0 radical (unpaired) electrons. The normalized spacial score (nSPS) is 29.7. The molecular weight excluding hydrogens is 144 g/mol. The van der Waals surface area contributed by atoms with Crippen LogP contribution in [0, 0.1) is 0 Å². The Morgan fingerprint density at radius 2 is 2.60 bits per heavy atom. The van der Waals surface area contributed by atoms with Gasteiger partial charge in [-0.3, -0.25) is 0 Å². The molecule has 1 fully saturated rings. The Morgan fingerprint density at radius 1 is 1.80 bits per heavy atom. The molecule has 0 aromatic heterocycles. The number of nitrogens with one attached hydrogen (secondary N) is 1. The molecule has 0 saturated carbocycles. The molecule has 0 aliphatic carbocycles. The molecule has 0 aromatic rings. The second kappa shape index (κ2) is 3.66. The van der Waals surface area contributed by atoms with Gasteiger partial charge in [0.15, 0.2) is 0 Å². The number of rotatable bonds is 1. The van der Waals surface area contributed by atoms with Crippen LogP contribution in [0.5, 0.6) is 0 Å². The van der Waals surface area contributed by atoms with Gasteiger partial charge in [0.05, 0.1) is 0 Å². The Hall–Kier alpha value is -0.440. The van der Waals surface area contributed by atoms with Crippen molar-refractivity contribution in [2.75, 3.05) is 6.54 Å². The molecule has 1 aliphatic heterocycles. The molecule has 0 bridgehead atoms. The van der Waals surface area contributed by atoms with Crippen LogP contribution in [0.1, 0.15) is 12.8 Å². The van der Waals surface area contributed by atoms with Gasteiger partial charge in [-0.05, 0) is 6.42 Å². The number of hydrogen-bond donors (Lipinski definition) is 2. The van der Waals surface area contributed by atoms with Crippen LogP contribution in [0.15, 0.2) is 17.8 Å². The SMILES string of the molecule is C=C/N=C1\CCC(S)CN1. The smallest absolute Gasteiger partial charge is 0.101 e. The van der Waals surface area contributed by atoms with E-state index in [1.54, 1.807) is 6.20 Å². The zero-order valence-corrected chi connectivity index (χ0v) is 6.77. The largest absolute Gasteiger partial charge is 0.372 e. The van der Waals surface area contributed by atoms with Crippen molar-refractivity contribution in [2.45, 2.75) is 18.1 Å². The second-order valence-electron chi connectivity index (χ2n) is 2.33. The predicted octanol–water partition coefficient (Wildman–Crippen LogP) is 1.21. The van der Waals surface area contributed by atoms with Crippen LogP contribution < -0.4 is 5.32 Å². The predicted molar refractivity (Wildman–Crippen MR) is 47.6 cm³/mol. The summed E-state index contributed by atoms with van der Waals surface area (Å²) in [6.07, 6.45) is 3.68. The van der Waals surface area contributed by atoms with Gasteiger partial charge in [-0.2, -0.15) is 12.6 Å². The molecular formula is C7H12N2S. The molecule has 1 saturated heterocycles. The van der Waals surface area contributed by atoms with Crippen LogP contribution in [-0.2, 0) is 0 Å². The fourth-order valence-electron chi connectivity index (χ4n) is 0.950. The molecule has 1 aliphatic rings. The molecule has 0 aromatic carbocycles. The lowest BCUT2D eigenvalue weighted by atomic mass is 10.1. The lowest BCUT2D eigenvalue weighted by molar-refractivity contribution is 0.688. The molecule has 1 heterocycles. The molecule has 56 valence electrons. The van der Waals surface area contributed by atoms with E-state index in [9.17, 15) is 0 Å². The van der Waals surface area contributed by atoms with Crippen molar-refractivity contribution in [3.8, 4) is 0 Å². The molecule has 1 N–H and O–H groups in total. The van der Waals surface area contributed by atoms with Gasteiger partial charge in [0.25, 0.3) is 0 Å². The van der Waals surface area contributed by atoms with E-state index >= 15 is 0 Å². The standard InChI is InChI=1S/C7H12N2S/c1-2-8-7-4-3-6(10)5-9-7/h2,6,10H,1,3-5H2,(H,8,9). The van der Waals surface area contributed by atoms with Crippen molar-refractivity contribution < 1.29 is 0 Å². The molecule has 3 heteroatoms. The first-order valence-corrected chi connectivity index (χ1v) is 3.94. The molecule has 1 atom stereocenters. The summed E-state index contributed by atoms with van der Waals surface area (Å²) in [5.41, 5.74) is 0. The van der Waals surface area contributed by atoms with Gasteiger partial charge < -0.3 is 5.32 Å². The van der Waals surface area contributed by atoms with Crippen LogP contribution >= 0.6 is 12.6 Å². The maximum Gasteiger partial charge on any atom is 0.101 e. The van der Waals surface area contributed by atoms with Gasteiger partial charge in [0.2, 0.25) is 0 Å². The first kappa shape index (κ1) is 7.66. The summed E-state index contributed by atoms with van der Waals surface area (Å²) in [5.74, 6) is 1.04. The lowest BCUT2D eigenvalue weighted by Gasteiger charge is -2.20. The average Bonchev–Trinajstić information content (AvgIpc) is 1.95. The summed E-state index contributed by atoms with van der Waals surface area (Å²) >= 11 is 4.33. The van der Waals surface area contributed by atoms with Crippen molar-refractivity contribution >= 4 is 18.5 Å². The average molecular weight is 156 g/mol. The van der Waals surface area contributed by atoms with Gasteiger partial charge in [-0.15, -0.1) is 0 Å². The van der Waals surface area contributed by atoms with Crippen LogP contribution in [0.25, 0.3) is 0 Å². The van der Waals surface area contributed by atoms with Crippen molar-refractivity contribution in [1.82, 2.24) is 5.32 Å². The maximum absolute atomic E-state index is 4.33.